The number of benzene rings is 1. The second-order valence-electron chi connectivity index (χ2n) is 4.45. The highest BCUT2D eigenvalue weighted by Crippen LogP contribution is 2.26. The number of aromatic nitrogens is 1. The third-order valence-electron chi connectivity index (χ3n) is 2.99. The molecule has 20 heavy (non-hydrogen) atoms. The van der Waals surface area contributed by atoms with Crippen LogP contribution in [0.25, 0.3) is 0 Å². The first-order valence-corrected chi connectivity index (χ1v) is 7.56. The zero-order chi connectivity index (χ0) is 14.5. The molecule has 1 heterocycles. The molecular weight excluding hydrogens is 343 g/mol. The van der Waals surface area contributed by atoms with E-state index in [0.29, 0.717) is 11.4 Å². The molecule has 0 saturated heterocycles. The summed E-state index contributed by atoms with van der Waals surface area (Å²) in [5.41, 5.74) is 1.85. The third-order valence-corrected chi connectivity index (χ3v) is 3.79. The van der Waals surface area contributed by atoms with Crippen molar-refractivity contribution in [3.63, 3.8) is 0 Å². The third kappa shape index (κ3) is 4.01. The maximum Gasteiger partial charge on any atom is 0.124 e. The van der Waals surface area contributed by atoms with Crippen LogP contribution >= 0.6 is 27.5 Å². The Hall–Kier alpha value is -0.970. The van der Waals surface area contributed by atoms with Crippen LogP contribution in [-0.2, 0) is 6.42 Å². The molecule has 0 fully saturated rings. The van der Waals surface area contributed by atoms with E-state index in [1.165, 1.54) is 12.1 Å². The van der Waals surface area contributed by atoms with Gasteiger partial charge < -0.3 is 5.32 Å². The summed E-state index contributed by atoms with van der Waals surface area (Å²) in [5, 5.41) is 3.80. The lowest BCUT2D eigenvalue weighted by Gasteiger charge is -2.19. The first-order valence-electron chi connectivity index (χ1n) is 6.39. The van der Waals surface area contributed by atoms with E-state index in [2.05, 4.69) is 26.2 Å². The number of halogens is 3. The molecule has 1 aromatic carbocycles. The normalized spacial score (nSPS) is 12.4. The van der Waals surface area contributed by atoms with Crippen LogP contribution in [0.15, 0.2) is 41.0 Å². The second-order valence-corrected chi connectivity index (χ2v) is 5.77. The highest BCUT2D eigenvalue weighted by Gasteiger charge is 2.15. The molecule has 1 N–H and O–H groups in total. The number of nitrogens with zero attached hydrogens (tertiary/aromatic N) is 1. The van der Waals surface area contributed by atoms with Crippen molar-refractivity contribution in [2.45, 2.75) is 19.4 Å². The number of hydrogen-bond acceptors (Lipinski definition) is 2. The van der Waals surface area contributed by atoms with E-state index in [9.17, 15) is 4.39 Å². The lowest BCUT2D eigenvalue weighted by atomic mass is 10.0. The lowest BCUT2D eigenvalue weighted by Crippen LogP contribution is -2.23. The van der Waals surface area contributed by atoms with Gasteiger partial charge in [-0.25, -0.2) is 4.39 Å². The molecule has 0 saturated carbocycles. The molecule has 2 rings (SSSR count). The summed E-state index contributed by atoms with van der Waals surface area (Å²) in [4.78, 5) is 4.37. The highest BCUT2D eigenvalue weighted by molar-refractivity contribution is 9.10. The molecule has 0 aliphatic rings. The monoisotopic (exact) mass is 356 g/mol. The zero-order valence-electron chi connectivity index (χ0n) is 11.0. The van der Waals surface area contributed by atoms with Crippen molar-refractivity contribution in [2.24, 2.45) is 0 Å². The maximum absolute atomic E-state index is 13.1. The summed E-state index contributed by atoms with van der Waals surface area (Å²) in [5.74, 6) is -0.323. The SMILES string of the molecule is CCNC(Cc1ccc(Br)cn1)c1ccc(F)cc1Cl. The van der Waals surface area contributed by atoms with Crippen molar-refractivity contribution in [1.82, 2.24) is 10.3 Å². The van der Waals surface area contributed by atoms with Crippen LogP contribution in [0.4, 0.5) is 4.39 Å². The number of pyridine rings is 1. The summed E-state index contributed by atoms with van der Waals surface area (Å²) in [6, 6.07) is 8.44. The van der Waals surface area contributed by atoms with E-state index >= 15 is 0 Å². The van der Waals surface area contributed by atoms with E-state index in [-0.39, 0.29) is 11.9 Å². The second kappa shape index (κ2) is 7.16. The number of hydrogen-bond donors (Lipinski definition) is 1. The lowest BCUT2D eigenvalue weighted by molar-refractivity contribution is 0.542. The van der Waals surface area contributed by atoms with E-state index in [1.807, 2.05) is 19.1 Å². The summed E-state index contributed by atoms with van der Waals surface area (Å²) in [6.45, 7) is 2.83. The van der Waals surface area contributed by atoms with Crippen molar-refractivity contribution in [3.05, 3.63) is 63.1 Å². The molecule has 0 radical (unpaired) electrons. The fourth-order valence-electron chi connectivity index (χ4n) is 2.06. The number of nitrogens with one attached hydrogen (secondary N) is 1. The van der Waals surface area contributed by atoms with Crippen LogP contribution in [0.2, 0.25) is 5.02 Å². The molecule has 0 amide bonds. The Morgan fingerprint density at radius 2 is 2.15 bits per heavy atom. The first kappa shape index (κ1) is 15.4. The molecule has 0 aliphatic heterocycles. The van der Waals surface area contributed by atoms with E-state index in [1.54, 1.807) is 12.3 Å². The molecule has 0 aliphatic carbocycles. The van der Waals surface area contributed by atoms with Gasteiger partial charge in [0.15, 0.2) is 0 Å². The van der Waals surface area contributed by atoms with Crippen molar-refractivity contribution < 1.29 is 4.39 Å². The van der Waals surface area contributed by atoms with Crippen molar-refractivity contribution in [2.75, 3.05) is 6.54 Å². The average molecular weight is 358 g/mol. The fraction of sp³-hybridized carbons (Fsp3) is 0.267. The van der Waals surface area contributed by atoms with Gasteiger partial charge in [-0.2, -0.15) is 0 Å². The van der Waals surface area contributed by atoms with E-state index < -0.39 is 0 Å². The molecule has 106 valence electrons. The quantitative estimate of drug-likeness (QED) is 0.850. The average Bonchev–Trinajstić information content (AvgIpc) is 2.41. The molecule has 5 heteroatoms. The van der Waals surface area contributed by atoms with Gasteiger partial charge in [0.05, 0.1) is 0 Å². The summed E-state index contributed by atoms with van der Waals surface area (Å²) < 4.78 is 14.1. The van der Waals surface area contributed by atoms with E-state index in [4.69, 9.17) is 11.6 Å². The minimum Gasteiger partial charge on any atom is -0.310 e. The van der Waals surface area contributed by atoms with Gasteiger partial charge in [0.2, 0.25) is 0 Å². The van der Waals surface area contributed by atoms with Gasteiger partial charge in [-0.05, 0) is 52.3 Å². The minimum atomic E-state index is -0.323. The van der Waals surface area contributed by atoms with Crippen molar-refractivity contribution >= 4 is 27.5 Å². The highest BCUT2D eigenvalue weighted by atomic mass is 79.9. The van der Waals surface area contributed by atoms with Gasteiger partial charge in [-0.1, -0.05) is 24.6 Å². The molecular formula is C15H15BrClFN2. The van der Waals surface area contributed by atoms with E-state index in [0.717, 1.165) is 22.3 Å². The van der Waals surface area contributed by atoms with Crippen LogP contribution < -0.4 is 5.32 Å². The molecule has 1 unspecified atom stereocenters. The molecule has 2 aromatic rings. The Morgan fingerprint density at radius 3 is 2.75 bits per heavy atom. The van der Waals surface area contributed by atoms with Crippen LogP contribution in [0.3, 0.4) is 0 Å². The van der Waals surface area contributed by atoms with Gasteiger partial charge in [0.25, 0.3) is 0 Å². The topological polar surface area (TPSA) is 24.9 Å². The minimum absolute atomic E-state index is 0.0155. The van der Waals surface area contributed by atoms with Gasteiger partial charge >= 0.3 is 0 Å². The fourth-order valence-corrected chi connectivity index (χ4v) is 2.59. The first-order chi connectivity index (χ1) is 9.60. The Morgan fingerprint density at radius 1 is 1.35 bits per heavy atom. The number of rotatable bonds is 5. The van der Waals surface area contributed by atoms with Crippen molar-refractivity contribution in [3.8, 4) is 0 Å². The Labute approximate surface area is 131 Å². The predicted molar refractivity (Wildman–Crippen MR) is 83.5 cm³/mol. The molecule has 0 bridgehead atoms. The smallest absolute Gasteiger partial charge is 0.124 e. The van der Waals surface area contributed by atoms with Crippen LogP contribution in [0.1, 0.15) is 24.2 Å². The Kier molecular flexibility index (Phi) is 5.52. The zero-order valence-corrected chi connectivity index (χ0v) is 13.4. The summed E-state index contributed by atoms with van der Waals surface area (Å²) in [7, 11) is 0. The molecule has 0 spiro atoms. The van der Waals surface area contributed by atoms with Crippen LogP contribution in [0.5, 0.6) is 0 Å². The van der Waals surface area contributed by atoms with Crippen LogP contribution in [-0.4, -0.2) is 11.5 Å². The van der Waals surface area contributed by atoms with Crippen molar-refractivity contribution in [1.29, 1.82) is 0 Å². The van der Waals surface area contributed by atoms with Crippen LogP contribution in [0, 0.1) is 5.82 Å². The molecule has 1 atom stereocenters. The summed E-state index contributed by atoms with van der Waals surface area (Å²) in [6.07, 6.45) is 2.47. The largest absolute Gasteiger partial charge is 0.310 e. The molecule has 1 aromatic heterocycles. The predicted octanol–water partition coefficient (Wildman–Crippen LogP) is 4.53. The maximum atomic E-state index is 13.1. The standard InChI is InChI=1S/C15H15BrClFN2/c1-2-19-15(8-12-5-3-10(16)9-20-12)13-6-4-11(18)7-14(13)17/h3-7,9,15,19H,2,8H2,1H3. The Bertz CT molecular complexity index is 575. The van der Waals surface area contributed by atoms with Gasteiger partial charge in [-0.3, -0.25) is 4.98 Å². The number of likely N-dealkylation sites (N-methyl/N-ethyl adjacent to an activating group) is 1. The van der Waals surface area contributed by atoms with Gasteiger partial charge in [-0.15, -0.1) is 0 Å². The van der Waals surface area contributed by atoms with Gasteiger partial charge in [0, 0.05) is 33.8 Å². The summed E-state index contributed by atoms with van der Waals surface area (Å²) >= 11 is 9.51. The van der Waals surface area contributed by atoms with Gasteiger partial charge in [0.1, 0.15) is 5.82 Å². The molecule has 2 nitrogen and oxygen atoms in total. The Balaban J connectivity index is 2.24.